The lowest BCUT2D eigenvalue weighted by Crippen LogP contribution is -2.40. The van der Waals surface area contributed by atoms with Crippen LogP contribution >= 0.6 is 11.8 Å². The molecule has 0 saturated carbocycles. The minimum absolute atomic E-state index is 0.0120. The Bertz CT molecular complexity index is 400. The lowest BCUT2D eigenvalue weighted by molar-refractivity contribution is -0.151. The van der Waals surface area contributed by atoms with Gasteiger partial charge in [-0.05, 0) is 12.3 Å². The van der Waals surface area contributed by atoms with Gasteiger partial charge in [-0.2, -0.15) is 11.8 Å². The fourth-order valence-electron chi connectivity index (χ4n) is 2.43. The summed E-state index contributed by atoms with van der Waals surface area (Å²) < 4.78 is 0. The van der Waals surface area contributed by atoms with Crippen molar-refractivity contribution in [2.75, 3.05) is 24.6 Å². The van der Waals surface area contributed by atoms with E-state index in [0.717, 1.165) is 0 Å². The number of hydrogen-bond acceptors (Lipinski definition) is 4. The molecule has 0 bridgehead atoms. The highest BCUT2D eigenvalue weighted by Gasteiger charge is 2.48. The van der Waals surface area contributed by atoms with Crippen LogP contribution in [0.25, 0.3) is 0 Å². The highest BCUT2D eigenvalue weighted by molar-refractivity contribution is 7.99. The van der Waals surface area contributed by atoms with E-state index in [9.17, 15) is 19.5 Å². The third-order valence-electron chi connectivity index (χ3n) is 3.89. The predicted molar refractivity (Wildman–Crippen MR) is 77.2 cm³/mol. The fraction of sp³-hybridized carbons (Fsp3) is 0.769. The fourth-order valence-corrected chi connectivity index (χ4v) is 3.09. The number of primary amides is 1. The summed E-state index contributed by atoms with van der Waals surface area (Å²) in [5.74, 6) is -0.551. The third-order valence-corrected chi connectivity index (χ3v) is 4.87. The molecular formula is C13H22N2O4S. The SMILES string of the molecule is CC(C)C1(C(=O)O)CCN(C(=O)CCSCC(N)=O)C1. The molecule has 0 aromatic rings. The monoisotopic (exact) mass is 302 g/mol. The molecule has 7 heteroatoms. The van der Waals surface area contributed by atoms with Crippen LogP contribution in [-0.2, 0) is 14.4 Å². The van der Waals surface area contributed by atoms with E-state index in [4.69, 9.17) is 5.73 Å². The number of carbonyl (C=O) groups is 3. The quantitative estimate of drug-likeness (QED) is 0.669. The number of rotatable bonds is 7. The number of thioether (sulfide) groups is 1. The first-order chi connectivity index (χ1) is 9.29. The molecule has 114 valence electrons. The molecule has 1 atom stereocenters. The Kier molecular flexibility index (Phi) is 5.86. The zero-order chi connectivity index (χ0) is 15.3. The number of carbonyl (C=O) groups excluding carboxylic acids is 2. The van der Waals surface area contributed by atoms with Crippen molar-refractivity contribution in [1.29, 1.82) is 0 Å². The van der Waals surface area contributed by atoms with Gasteiger partial charge in [-0.1, -0.05) is 13.8 Å². The zero-order valence-corrected chi connectivity index (χ0v) is 12.7. The lowest BCUT2D eigenvalue weighted by Gasteiger charge is -2.28. The van der Waals surface area contributed by atoms with Crippen molar-refractivity contribution in [1.82, 2.24) is 4.90 Å². The molecule has 0 spiro atoms. The topological polar surface area (TPSA) is 101 Å². The Balaban J connectivity index is 2.48. The highest BCUT2D eigenvalue weighted by Crippen LogP contribution is 2.38. The molecule has 0 aliphatic carbocycles. The largest absolute Gasteiger partial charge is 0.481 e. The van der Waals surface area contributed by atoms with Gasteiger partial charge in [-0.3, -0.25) is 14.4 Å². The van der Waals surface area contributed by atoms with Gasteiger partial charge in [0.25, 0.3) is 0 Å². The van der Waals surface area contributed by atoms with Crippen LogP contribution in [-0.4, -0.2) is 52.4 Å². The number of likely N-dealkylation sites (tertiary alicyclic amines) is 1. The van der Waals surface area contributed by atoms with Crippen molar-refractivity contribution in [2.24, 2.45) is 17.1 Å². The molecule has 6 nitrogen and oxygen atoms in total. The first-order valence-electron chi connectivity index (χ1n) is 6.67. The molecule has 1 fully saturated rings. The molecular weight excluding hydrogens is 280 g/mol. The van der Waals surface area contributed by atoms with E-state index in [0.29, 0.717) is 25.1 Å². The van der Waals surface area contributed by atoms with E-state index in [1.165, 1.54) is 11.8 Å². The van der Waals surface area contributed by atoms with Crippen LogP contribution in [0.3, 0.4) is 0 Å². The number of hydrogen-bond donors (Lipinski definition) is 2. The molecule has 1 rings (SSSR count). The number of amides is 2. The van der Waals surface area contributed by atoms with Gasteiger partial charge in [0.15, 0.2) is 0 Å². The zero-order valence-electron chi connectivity index (χ0n) is 11.9. The maximum atomic E-state index is 12.0. The van der Waals surface area contributed by atoms with Gasteiger partial charge in [0.2, 0.25) is 11.8 Å². The number of aliphatic carboxylic acids is 1. The molecule has 1 heterocycles. The van der Waals surface area contributed by atoms with Gasteiger partial charge in [0.05, 0.1) is 11.2 Å². The predicted octanol–water partition coefficient (Wildman–Crippen LogP) is 0.554. The Morgan fingerprint density at radius 3 is 2.50 bits per heavy atom. The Hall–Kier alpha value is -1.24. The summed E-state index contributed by atoms with van der Waals surface area (Å²) in [6, 6.07) is 0. The van der Waals surface area contributed by atoms with Crippen molar-refractivity contribution < 1.29 is 19.5 Å². The van der Waals surface area contributed by atoms with E-state index in [1.807, 2.05) is 13.8 Å². The maximum Gasteiger partial charge on any atom is 0.311 e. The average Bonchev–Trinajstić information content (AvgIpc) is 2.80. The number of nitrogens with two attached hydrogens (primary N) is 1. The summed E-state index contributed by atoms with van der Waals surface area (Å²) in [6.45, 7) is 4.53. The number of carboxylic acids is 1. The van der Waals surface area contributed by atoms with E-state index >= 15 is 0 Å². The molecule has 1 unspecified atom stereocenters. The van der Waals surface area contributed by atoms with Crippen molar-refractivity contribution >= 4 is 29.5 Å². The molecule has 1 saturated heterocycles. The van der Waals surface area contributed by atoms with Crippen molar-refractivity contribution in [2.45, 2.75) is 26.7 Å². The molecule has 1 aliphatic rings. The lowest BCUT2D eigenvalue weighted by atomic mass is 9.76. The van der Waals surface area contributed by atoms with E-state index in [1.54, 1.807) is 4.90 Å². The van der Waals surface area contributed by atoms with Gasteiger partial charge in [0, 0.05) is 25.3 Å². The normalized spacial score (nSPS) is 22.2. The van der Waals surface area contributed by atoms with Crippen LogP contribution in [0.5, 0.6) is 0 Å². The minimum Gasteiger partial charge on any atom is -0.481 e. The van der Waals surface area contributed by atoms with Crippen molar-refractivity contribution in [3.05, 3.63) is 0 Å². The van der Waals surface area contributed by atoms with Crippen LogP contribution in [0.2, 0.25) is 0 Å². The molecule has 2 amide bonds. The summed E-state index contributed by atoms with van der Waals surface area (Å²) in [5, 5.41) is 9.42. The Labute approximate surface area is 123 Å². The first kappa shape index (κ1) is 16.8. The van der Waals surface area contributed by atoms with Gasteiger partial charge >= 0.3 is 5.97 Å². The summed E-state index contributed by atoms with van der Waals surface area (Å²) in [6.07, 6.45) is 0.811. The smallest absolute Gasteiger partial charge is 0.311 e. The summed E-state index contributed by atoms with van der Waals surface area (Å²) in [7, 11) is 0. The maximum absolute atomic E-state index is 12.0. The molecule has 0 aromatic heterocycles. The van der Waals surface area contributed by atoms with Gasteiger partial charge < -0.3 is 15.7 Å². The number of carboxylic acid groups (broad SMARTS) is 1. The van der Waals surface area contributed by atoms with Gasteiger partial charge in [-0.25, -0.2) is 0 Å². The second-order valence-electron chi connectivity index (χ2n) is 5.45. The van der Waals surface area contributed by atoms with Gasteiger partial charge in [0.1, 0.15) is 0 Å². The van der Waals surface area contributed by atoms with Crippen LogP contribution in [0.1, 0.15) is 26.7 Å². The van der Waals surface area contributed by atoms with Crippen molar-refractivity contribution in [3.63, 3.8) is 0 Å². The minimum atomic E-state index is -0.828. The van der Waals surface area contributed by atoms with Crippen molar-refractivity contribution in [3.8, 4) is 0 Å². The summed E-state index contributed by atoms with van der Waals surface area (Å²) in [5.41, 5.74) is 4.19. The van der Waals surface area contributed by atoms with Crippen LogP contribution in [0, 0.1) is 11.3 Å². The summed E-state index contributed by atoms with van der Waals surface area (Å²) >= 11 is 1.32. The number of nitrogens with zero attached hydrogens (tertiary/aromatic N) is 1. The van der Waals surface area contributed by atoms with Gasteiger partial charge in [-0.15, -0.1) is 0 Å². The first-order valence-corrected chi connectivity index (χ1v) is 7.82. The average molecular weight is 302 g/mol. The molecule has 1 aliphatic heterocycles. The van der Waals surface area contributed by atoms with E-state index in [2.05, 4.69) is 0 Å². The Morgan fingerprint density at radius 1 is 1.40 bits per heavy atom. The molecule has 20 heavy (non-hydrogen) atoms. The van der Waals surface area contributed by atoms with E-state index in [-0.39, 0.29) is 24.1 Å². The molecule has 3 N–H and O–H groups in total. The highest BCUT2D eigenvalue weighted by atomic mass is 32.2. The standard InChI is InChI=1S/C13H22N2O4S/c1-9(2)13(12(18)19)4-5-15(8-13)11(17)3-6-20-7-10(14)16/h9H,3-8H2,1-2H3,(H2,14,16)(H,18,19). The molecule has 0 aromatic carbocycles. The van der Waals surface area contributed by atoms with Crippen LogP contribution in [0.15, 0.2) is 0 Å². The van der Waals surface area contributed by atoms with E-state index < -0.39 is 17.3 Å². The summed E-state index contributed by atoms with van der Waals surface area (Å²) in [4.78, 5) is 35.7. The van der Waals surface area contributed by atoms with Crippen LogP contribution in [0.4, 0.5) is 0 Å². The molecule has 0 radical (unpaired) electrons. The second kappa shape index (κ2) is 6.97. The third kappa shape index (κ3) is 3.88. The Morgan fingerprint density at radius 2 is 2.05 bits per heavy atom. The second-order valence-corrected chi connectivity index (χ2v) is 6.56. The van der Waals surface area contributed by atoms with Crippen LogP contribution < -0.4 is 5.73 Å².